The number of carbonyl (C=O) groups is 1. The maximum atomic E-state index is 13.1. The maximum absolute atomic E-state index is 13.1. The van der Waals surface area contributed by atoms with Crippen LogP contribution in [0.3, 0.4) is 0 Å². The van der Waals surface area contributed by atoms with Crippen molar-refractivity contribution < 1.29 is 13.9 Å². The summed E-state index contributed by atoms with van der Waals surface area (Å²) in [6.45, 7) is 3.11. The number of amides is 1. The molecule has 1 fully saturated rings. The highest BCUT2D eigenvalue weighted by Crippen LogP contribution is 2.16. The molecule has 0 saturated carbocycles. The molecule has 5 nitrogen and oxygen atoms in total. The molecule has 6 heteroatoms. The Bertz CT molecular complexity index is 670. The zero-order valence-corrected chi connectivity index (χ0v) is 12.7. The molecule has 3 rings (SSSR count). The molecule has 0 radical (unpaired) electrons. The molecule has 1 N–H and O–H groups in total. The van der Waals surface area contributed by atoms with Crippen molar-refractivity contribution in [1.29, 1.82) is 0 Å². The molecule has 1 amide bonds. The van der Waals surface area contributed by atoms with Crippen molar-refractivity contribution in [2.45, 2.75) is 6.42 Å². The molecule has 1 aromatic carbocycles. The molecule has 0 bridgehead atoms. The first kappa shape index (κ1) is 15.4. The molecule has 1 aromatic heterocycles. The van der Waals surface area contributed by atoms with Gasteiger partial charge in [-0.3, -0.25) is 4.79 Å². The van der Waals surface area contributed by atoms with Crippen LogP contribution in [-0.2, 0) is 16.0 Å². The van der Waals surface area contributed by atoms with Gasteiger partial charge in [-0.1, -0.05) is 12.1 Å². The Morgan fingerprint density at radius 3 is 2.78 bits per heavy atom. The Labute approximate surface area is 134 Å². The summed E-state index contributed by atoms with van der Waals surface area (Å²) in [7, 11) is 0. The van der Waals surface area contributed by atoms with Crippen LogP contribution in [0.5, 0.6) is 0 Å². The summed E-state index contributed by atoms with van der Waals surface area (Å²) in [5.41, 5.74) is 1.64. The van der Waals surface area contributed by atoms with Crippen LogP contribution in [0.2, 0.25) is 0 Å². The van der Waals surface area contributed by atoms with E-state index in [2.05, 4.69) is 15.2 Å². The van der Waals surface area contributed by atoms with Gasteiger partial charge in [0.25, 0.3) is 0 Å². The molecule has 2 aromatic rings. The number of hydrogen-bond acceptors (Lipinski definition) is 4. The Morgan fingerprint density at radius 2 is 2.09 bits per heavy atom. The quantitative estimate of drug-likeness (QED) is 0.940. The number of rotatable bonds is 4. The number of nitrogens with zero attached hydrogens (tertiary/aromatic N) is 2. The molecular weight excluding hydrogens is 297 g/mol. The van der Waals surface area contributed by atoms with Crippen LogP contribution in [-0.4, -0.2) is 37.2 Å². The van der Waals surface area contributed by atoms with Gasteiger partial charge < -0.3 is 15.0 Å². The van der Waals surface area contributed by atoms with Crippen LogP contribution >= 0.6 is 0 Å². The summed E-state index contributed by atoms with van der Waals surface area (Å²) in [5.74, 6) is -0.0751. The lowest BCUT2D eigenvalue weighted by atomic mass is 10.1. The molecule has 0 atom stereocenters. The highest BCUT2D eigenvalue weighted by atomic mass is 19.1. The Morgan fingerprint density at radius 1 is 1.26 bits per heavy atom. The second-order valence-electron chi connectivity index (χ2n) is 5.36. The Balaban J connectivity index is 1.58. The SMILES string of the molecule is O=C(Cc1cccc(F)c1)Nc1ccc(N2CCOCC2)cn1. The van der Waals surface area contributed by atoms with E-state index in [1.165, 1.54) is 12.1 Å². The number of carbonyl (C=O) groups excluding carboxylic acids is 1. The lowest BCUT2D eigenvalue weighted by molar-refractivity contribution is -0.115. The fraction of sp³-hybridized carbons (Fsp3) is 0.294. The first-order valence-corrected chi connectivity index (χ1v) is 7.54. The van der Waals surface area contributed by atoms with Crippen molar-refractivity contribution in [2.75, 3.05) is 36.5 Å². The number of hydrogen-bond donors (Lipinski definition) is 1. The molecule has 0 aliphatic carbocycles. The summed E-state index contributed by atoms with van der Waals surface area (Å²) in [6.07, 6.45) is 1.85. The summed E-state index contributed by atoms with van der Waals surface area (Å²) in [6, 6.07) is 9.72. The zero-order valence-electron chi connectivity index (χ0n) is 12.7. The first-order valence-electron chi connectivity index (χ1n) is 7.54. The summed E-state index contributed by atoms with van der Waals surface area (Å²) < 4.78 is 18.4. The molecular formula is C17H18FN3O2. The minimum atomic E-state index is -0.344. The van der Waals surface area contributed by atoms with Crippen molar-refractivity contribution in [3.8, 4) is 0 Å². The second kappa shape index (κ2) is 7.19. The standard InChI is InChI=1S/C17H18FN3O2/c18-14-3-1-2-13(10-14)11-17(22)20-16-5-4-15(12-19-16)21-6-8-23-9-7-21/h1-5,10,12H,6-9,11H2,(H,19,20,22). The molecule has 1 saturated heterocycles. The fourth-order valence-electron chi connectivity index (χ4n) is 2.49. The zero-order chi connectivity index (χ0) is 16.1. The Hall–Kier alpha value is -2.47. The van der Waals surface area contributed by atoms with E-state index in [4.69, 9.17) is 4.74 Å². The minimum Gasteiger partial charge on any atom is -0.378 e. The number of anilines is 2. The van der Waals surface area contributed by atoms with Crippen molar-refractivity contribution >= 4 is 17.4 Å². The fourth-order valence-corrected chi connectivity index (χ4v) is 2.49. The lowest BCUT2D eigenvalue weighted by Gasteiger charge is -2.28. The monoisotopic (exact) mass is 315 g/mol. The minimum absolute atomic E-state index is 0.116. The smallest absolute Gasteiger partial charge is 0.229 e. The van der Waals surface area contributed by atoms with Gasteiger partial charge in [0.2, 0.25) is 5.91 Å². The van der Waals surface area contributed by atoms with E-state index in [1.807, 2.05) is 6.07 Å². The lowest BCUT2D eigenvalue weighted by Crippen LogP contribution is -2.36. The third kappa shape index (κ3) is 4.26. The van der Waals surface area contributed by atoms with Crippen molar-refractivity contribution in [2.24, 2.45) is 0 Å². The van der Waals surface area contributed by atoms with Crippen molar-refractivity contribution in [1.82, 2.24) is 4.98 Å². The largest absolute Gasteiger partial charge is 0.378 e. The van der Waals surface area contributed by atoms with Crippen LogP contribution in [0.15, 0.2) is 42.6 Å². The molecule has 1 aliphatic rings. The molecule has 0 spiro atoms. The highest BCUT2D eigenvalue weighted by molar-refractivity contribution is 5.91. The van der Waals surface area contributed by atoms with Gasteiger partial charge in [0.1, 0.15) is 11.6 Å². The van der Waals surface area contributed by atoms with Crippen LogP contribution in [0, 0.1) is 5.82 Å². The Kier molecular flexibility index (Phi) is 4.83. The second-order valence-corrected chi connectivity index (χ2v) is 5.36. The van der Waals surface area contributed by atoms with E-state index in [0.717, 1.165) is 18.8 Å². The molecule has 23 heavy (non-hydrogen) atoms. The average molecular weight is 315 g/mol. The first-order chi connectivity index (χ1) is 11.2. The normalized spacial score (nSPS) is 14.6. The number of pyridine rings is 1. The van der Waals surface area contributed by atoms with E-state index >= 15 is 0 Å². The third-order valence-corrected chi connectivity index (χ3v) is 3.65. The van der Waals surface area contributed by atoms with Crippen LogP contribution in [0.1, 0.15) is 5.56 Å². The van der Waals surface area contributed by atoms with Crippen LogP contribution in [0.25, 0.3) is 0 Å². The van der Waals surface area contributed by atoms with Gasteiger partial charge in [-0.2, -0.15) is 0 Å². The number of nitrogens with one attached hydrogen (secondary N) is 1. The van der Waals surface area contributed by atoms with Gasteiger partial charge >= 0.3 is 0 Å². The molecule has 1 aliphatic heterocycles. The van der Waals surface area contributed by atoms with E-state index < -0.39 is 0 Å². The van der Waals surface area contributed by atoms with Crippen molar-refractivity contribution in [3.63, 3.8) is 0 Å². The third-order valence-electron chi connectivity index (χ3n) is 3.65. The topological polar surface area (TPSA) is 54.5 Å². The maximum Gasteiger partial charge on any atom is 0.229 e. The van der Waals surface area contributed by atoms with Gasteiger partial charge in [-0.15, -0.1) is 0 Å². The number of ether oxygens (including phenoxy) is 1. The van der Waals surface area contributed by atoms with Gasteiger partial charge in [0, 0.05) is 13.1 Å². The number of aromatic nitrogens is 1. The van der Waals surface area contributed by atoms with Gasteiger partial charge in [0.05, 0.1) is 31.5 Å². The van der Waals surface area contributed by atoms with Crippen LogP contribution in [0.4, 0.5) is 15.9 Å². The van der Waals surface area contributed by atoms with E-state index in [0.29, 0.717) is 24.6 Å². The highest BCUT2D eigenvalue weighted by Gasteiger charge is 2.12. The molecule has 0 unspecified atom stereocenters. The predicted molar refractivity (Wildman–Crippen MR) is 86.0 cm³/mol. The number of halogens is 1. The summed E-state index contributed by atoms with van der Waals surface area (Å²) in [5, 5.41) is 2.72. The molecule has 120 valence electrons. The summed E-state index contributed by atoms with van der Waals surface area (Å²) >= 11 is 0. The van der Waals surface area contributed by atoms with Gasteiger partial charge in [-0.05, 0) is 29.8 Å². The van der Waals surface area contributed by atoms with E-state index in [9.17, 15) is 9.18 Å². The summed E-state index contributed by atoms with van der Waals surface area (Å²) in [4.78, 5) is 18.4. The van der Waals surface area contributed by atoms with E-state index in [-0.39, 0.29) is 18.1 Å². The van der Waals surface area contributed by atoms with E-state index in [1.54, 1.807) is 24.4 Å². The molecule has 2 heterocycles. The van der Waals surface area contributed by atoms with Crippen molar-refractivity contribution in [3.05, 3.63) is 54.0 Å². The van der Waals surface area contributed by atoms with Gasteiger partial charge in [-0.25, -0.2) is 9.37 Å². The average Bonchev–Trinajstić information content (AvgIpc) is 2.56. The van der Waals surface area contributed by atoms with Crippen LogP contribution < -0.4 is 10.2 Å². The number of benzene rings is 1. The van der Waals surface area contributed by atoms with Gasteiger partial charge in [0.15, 0.2) is 0 Å². The predicted octanol–water partition coefficient (Wildman–Crippen LogP) is 2.24. The number of morpholine rings is 1.